The van der Waals surface area contributed by atoms with Gasteiger partial charge in [-0.1, -0.05) is 13.8 Å². The van der Waals surface area contributed by atoms with Crippen LogP contribution in [0.2, 0.25) is 0 Å². The van der Waals surface area contributed by atoms with Crippen molar-refractivity contribution < 1.29 is 99.9 Å². The zero-order valence-electron chi connectivity index (χ0n) is 23.1. The van der Waals surface area contributed by atoms with E-state index in [2.05, 4.69) is 0 Å². The Morgan fingerprint density at radius 2 is 0.805 bits per heavy atom. The number of carboxylic acid groups (broad SMARTS) is 2. The standard InChI is InChI=1S/2C7H7F5O3.2C4H9O.Ti/c2*1-3(5(14)15)4(13)2-6(8,9)7(10,11)12;2*1-4(2,3)5;/h2*3H,2H2,1H3,(H,14,15);2*1-3H3;/q;;2*-1;+4/p-2. The molecule has 0 aliphatic rings. The molecule has 0 spiro atoms. The van der Waals surface area contributed by atoms with Crippen molar-refractivity contribution in [2.24, 2.45) is 11.8 Å². The summed E-state index contributed by atoms with van der Waals surface area (Å²) in [5.74, 6) is -21.8. The van der Waals surface area contributed by atoms with Crippen molar-refractivity contribution in [3.05, 3.63) is 0 Å². The Hall–Kier alpha value is -1.79. The molecule has 0 N–H and O–H groups in total. The molecule has 0 radical (unpaired) electrons. The van der Waals surface area contributed by atoms with Gasteiger partial charge in [0.1, 0.15) is 11.6 Å². The molecule has 8 nitrogen and oxygen atoms in total. The molecule has 0 aromatic rings. The van der Waals surface area contributed by atoms with Crippen molar-refractivity contribution in [1.29, 1.82) is 0 Å². The van der Waals surface area contributed by atoms with E-state index in [0.29, 0.717) is 13.8 Å². The van der Waals surface area contributed by atoms with Gasteiger partial charge in [0, 0.05) is 0 Å². The molecule has 240 valence electrons. The number of ketones is 2. The van der Waals surface area contributed by atoms with E-state index in [1.54, 1.807) is 0 Å². The maximum absolute atomic E-state index is 12.2. The van der Waals surface area contributed by atoms with Crippen LogP contribution in [0.3, 0.4) is 0 Å². The van der Waals surface area contributed by atoms with Crippen LogP contribution in [-0.4, -0.2) is 58.9 Å². The van der Waals surface area contributed by atoms with Crippen LogP contribution in [0.1, 0.15) is 68.2 Å². The van der Waals surface area contributed by atoms with E-state index < -0.39 is 92.3 Å². The van der Waals surface area contributed by atoms with Gasteiger partial charge in [-0.3, -0.25) is 9.59 Å². The van der Waals surface area contributed by atoms with E-state index in [-0.39, 0.29) is 11.2 Å². The van der Waals surface area contributed by atoms with Gasteiger partial charge in [-0.05, 0) is 0 Å². The molecule has 0 bridgehead atoms. The Bertz CT molecular complexity index is 806. The minimum atomic E-state index is -5.87. The van der Waals surface area contributed by atoms with Gasteiger partial charge in [0.25, 0.3) is 0 Å². The van der Waals surface area contributed by atoms with Gasteiger partial charge >= 0.3 is 104 Å². The number of carbonyl (C=O) groups excluding carboxylic acids is 4. The number of hydrogen-bond acceptors (Lipinski definition) is 8. The van der Waals surface area contributed by atoms with E-state index in [9.17, 15) is 73.3 Å². The van der Waals surface area contributed by atoms with Crippen LogP contribution < -0.4 is 10.2 Å². The molecule has 2 atom stereocenters. The monoisotopic (exact) mass is 660 g/mol. The molecule has 2 unspecified atom stereocenters. The summed E-state index contributed by atoms with van der Waals surface area (Å²) in [6.07, 6.45) is -16.1. The van der Waals surface area contributed by atoms with Gasteiger partial charge in [0.05, 0.1) is 36.6 Å². The van der Waals surface area contributed by atoms with E-state index >= 15 is 0 Å². The van der Waals surface area contributed by atoms with Crippen molar-refractivity contribution in [3.8, 4) is 0 Å². The fraction of sp³-hybridized carbons (Fsp3) is 0.818. The third-order valence-electron chi connectivity index (χ3n) is 3.99. The van der Waals surface area contributed by atoms with E-state index in [4.69, 9.17) is 6.64 Å². The number of hydrogen-bond donors (Lipinski definition) is 0. The second kappa shape index (κ2) is 16.2. The Morgan fingerprint density at radius 3 is 0.951 bits per heavy atom. The quantitative estimate of drug-likeness (QED) is 0.197. The Kier molecular flexibility index (Phi) is 17.2. The first-order valence-corrected chi connectivity index (χ1v) is 12.4. The zero-order chi connectivity index (χ0) is 34.0. The molecule has 0 aromatic heterocycles. The SMILES string of the molecule is CC(C(=O)[O-])C(=O)CC(F)(F)C(F)(F)F.CC(C(=O)[O-])C(=O)CC(F)(F)C(F)(F)F.CC(C)(C)[O][Ti+2][O]C(C)(C)C. The molecule has 0 rings (SSSR count). The summed E-state index contributed by atoms with van der Waals surface area (Å²) >= 11 is -0.681. The Morgan fingerprint density at radius 1 is 0.585 bits per heavy atom. The maximum atomic E-state index is 12.2. The molecule has 0 amide bonds. The van der Waals surface area contributed by atoms with E-state index in [1.165, 1.54) is 0 Å². The molecule has 41 heavy (non-hydrogen) atoms. The predicted octanol–water partition coefficient (Wildman–Crippen LogP) is 3.59. The first kappa shape index (κ1) is 43.7. The number of halogens is 10. The van der Waals surface area contributed by atoms with E-state index in [0.717, 1.165) is 0 Å². The normalized spacial score (nSPS) is 14.3. The topological polar surface area (TPSA) is 133 Å². The summed E-state index contributed by atoms with van der Waals surface area (Å²) in [4.78, 5) is 41.3. The first-order chi connectivity index (χ1) is 17.7. The first-order valence-electron chi connectivity index (χ1n) is 11.2. The predicted molar refractivity (Wildman–Crippen MR) is 111 cm³/mol. The number of aliphatic carboxylic acids is 2. The third kappa shape index (κ3) is 19.9. The summed E-state index contributed by atoms with van der Waals surface area (Å²) in [6, 6.07) is 0. The molecular formula is C22H30F10O8Ti. The number of alkyl halides is 10. The Labute approximate surface area is 239 Å². The molecule has 19 heteroatoms. The summed E-state index contributed by atoms with van der Waals surface area (Å²) in [6.45, 7) is 13.6. The van der Waals surface area contributed by atoms with Crippen LogP contribution >= 0.6 is 0 Å². The number of carboxylic acids is 2. The van der Waals surface area contributed by atoms with Crippen LogP contribution in [0, 0.1) is 11.8 Å². The van der Waals surface area contributed by atoms with Gasteiger partial charge in [0.2, 0.25) is 0 Å². The summed E-state index contributed by atoms with van der Waals surface area (Å²) in [5, 5.41) is 20.0. The third-order valence-corrected chi connectivity index (χ3v) is 6.16. The van der Waals surface area contributed by atoms with Crippen LogP contribution in [0.4, 0.5) is 43.9 Å². The van der Waals surface area contributed by atoms with Crippen molar-refractivity contribution in [3.63, 3.8) is 0 Å². The average molecular weight is 660 g/mol. The Balaban J connectivity index is -0.000000536. The second-order valence-electron chi connectivity index (χ2n) is 10.3. The number of rotatable bonds is 10. The second-order valence-corrected chi connectivity index (χ2v) is 11.2. The van der Waals surface area contributed by atoms with Crippen molar-refractivity contribution in [2.75, 3.05) is 0 Å². The summed E-state index contributed by atoms with van der Waals surface area (Å²) in [5.41, 5.74) is -0.101. The van der Waals surface area contributed by atoms with Crippen molar-refractivity contribution >= 4 is 23.5 Å². The fourth-order valence-electron chi connectivity index (χ4n) is 1.48. The van der Waals surface area contributed by atoms with Crippen LogP contribution in [0.25, 0.3) is 0 Å². The molecule has 0 aliphatic carbocycles. The van der Waals surface area contributed by atoms with Crippen molar-refractivity contribution in [2.45, 2.75) is 104 Å². The molecule has 0 aromatic carbocycles. The van der Waals surface area contributed by atoms with Gasteiger partial charge in [-0.2, -0.15) is 43.9 Å². The van der Waals surface area contributed by atoms with E-state index in [1.807, 2.05) is 41.5 Å². The van der Waals surface area contributed by atoms with Gasteiger partial charge < -0.3 is 19.8 Å². The zero-order valence-corrected chi connectivity index (χ0v) is 24.7. The molecular weight excluding hydrogens is 630 g/mol. The van der Waals surface area contributed by atoms with Crippen LogP contribution in [-0.2, 0) is 45.7 Å². The summed E-state index contributed by atoms with van der Waals surface area (Å²) in [7, 11) is 0. The molecule has 0 fully saturated rings. The van der Waals surface area contributed by atoms with Gasteiger partial charge in [-0.15, -0.1) is 0 Å². The number of Topliss-reactive ketones (excluding diaryl/α,β-unsaturated/α-hetero) is 2. The average Bonchev–Trinajstić information content (AvgIpc) is 2.68. The minimum absolute atomic E-state index is 0.0503. The van der Waals surface area contributed by atoms with Crippen LogP contribution in [0.15, 0.2) is 0 Å². The summed E-state index contributed by atoms with van der Waals surface area (Å²) < 4.78 is 130. The van der Waals surface area contributed by atoms with Gasteiger partial charge in [0.15, 0.2) is 0 Å². The molecule has 0 saturated carbocycles. The number of carbonyl (C=O) groups is 4. The van der Waals surface area contributed by atoms with Gasteiger partial charge in [-0.25, -0.2) is 0 Å². The fourth-order valence-corrected chi connectivity index (χ4v) is 2.32. The van der Waals surface area contributed by atoms with Crippen molar-refractivity contribution in [1.82, 2.24) is 0 Å². The molecule has 0 saturated heterocycles. The van der Waals surface area contributed by atoms with Crippen LogP contribution in [0.5, 0.6) is 0 Å². The molecule has 0 heterocycles. The molecule has 0 aliphatic heterocycles.